The second kappa shape index (κ2) is 6.15. The molecule has 0 aromatic carbocycles. The van der Waals surface area contributed by atoms with Crippen molar-refractivity contribution in [3.8, 4) is 0 Å². The maximum atomic E-state index is 11.2. The van der Waals surface area contributed by atoms with Crippen LogP contribution < -0.4 is 5.32 Å². The third kappa shape index (κ3) is 3.42. The van der Waals surface area contributed by atoms with E-state index in [0.29, 0.717) is 23.2 Å². The van der Waals surface area contributed by atoms with E-state index in [1.165, 1.54) is 0 Å². The normalized spacial score (nSPS) is 12.5. The summed E-state index contributed by atoms with van der Waals surface area (Å²) >= 11 is 5.84. The van der Waals surface area contributed by atoms with Crippen molar-refractivity contribution in [1.29, 1.82) is 0 Å². The predicted octanol–water partition coefficient (Wildman–Crippen LogP) is 1.93. The first-order valence-electron chi connectivity index (χ1n) is 5.14. The zero-order valence-electron chi connectivity index (χ0n) is 9.71. The van der Waals surface area contributed by atoms with Gasteiger partial charge in [-0.2, -0.15) is 0 Å². The summed E-state index contributed by atoms with van der Waals surface area (Å²) in [5.74, 6) is 2.03. The molecule has 1 rings (SSSR count). The lowest BCUT2D eigenvalue weighted by Crippen LogP contribution is -2.14. The number of anilines is 1. The predicted molar refractivity (Wildman–Crippen MR) is 68.6 cm³/mol. The quantitative estimate of drug-likeness (QED) is 0.880. The average Bonchev–Trinajstić information content (AvgIpc) is 2.29. The van der Waals surface area contributed by atoms with Crippen molar-refractivity contribution in [2.75, 3.05) is 23.4 Å². The summed E-state index contributed by atoms with van der Waals surface area (Å²) in [6.45, 7) is 6.39. The molecule has 0 aliphatic carbocycles. The zero-order chi connectivity index (χ0) is 12.1. The maximum Gasteiger partial charge on any atom is 0.155 e. The van der Waals surface area contributed by atoms with Crippen LogP contribution in [0.3, 0.4) is 0 Å². The van der Waals surface area contributed by atoms with E-state index in [0.717, 1.165) is 16.9 Å². The molecule has 1 aromatic rings. The minimum Gasteiger partial charge on any atom is -0.367 e. The van der Waals surface area contributed by atoms with Crippen molar-refractivity contribution in [2.24, 2.45) is 0 Å². The third-order valence-corrected chi connectivity index (χ3v) is 4.07. The Morgan fingerprint density at radius 3 is 2.62 bits per heavy atom. The molecule has 4 nitrogen and oxygen atoms in total. The van der Waals surface area contributed by atoms with Gasteiger partial charge in [-0.15, -0.1) is 10.2 Å². The highest BCUT2D eigenvalue weighted by Gasteiger charge is 2.07. The average molecular weight is 262 g/mol. The van der Waals surface area contributed by atoms with Gasteiger partial charge < -0.3 is 5.32 Å². The van der Waals surface area contributed by atoms with Crippen LogP contribution in [0, 0.1) is 13.8 Å². The Balaban J connectivity index is 2.61. The van der Waals surface area contributed by atoms with E-state index in [4.69, 9.17) is 11.6 Å². The largest absolute Gasteiger partial charge is 0.367 e. The molecule has 1 heterocycles. The van der Waals surface area contributed by atoms with Gasteiger partial charge in [-0.1, -0.05) is 18.5 Å². The number of nitrogens with one attached hydrogen (secondary N) is 1. The number of halogens is 1. The number of hydrogen-bond donors (Lipinski definition) is 1. The van der Waals surface area contributed by atoms with Crippen molar-refractivity contribution >= 4 is 28.2 Å². The Morgan fingerprint density at radius 1 is 1.31 bits per heavy atom. The molecule has 90 valence electrons. The molecular weight excluding hydrogens is 246 g/mol. The van der Waals surface area contributed by atoms with E-state index < -0.39 is 10.8 Å². The van der Waals surface area contributed by atoms with Gasteiger partial charge in [0, 0.05) is 28.9 Å². The van der Waals surface area contributed by atoms with E-state index in [9.17, 15) is 4.21 Å². The number of nitrogens with zero attached hydrogens (tertiary/aromatic N) is 2. The highest BCUT2D eigenvalue weighted by Crippen LogP contribution is 2.20. The third-order valence-electron chi connectivity index (χ3n) is 2.41. The first-order valence-corrected chi connectivity index (χ1v) is 7.01. The summed E-state index contributed by atoms with van der Waals surface area (Å²) in [6.07, 6.45) is 0. The summed E-state index contributed by atoms with van der Waals surface area (Å²) in [6, 6.07) is 0. The summed E-state index contributed by atoms with van der Waals surface area (Å²) in [5.41, 5.74) is 1.91. The fraction of sp³-hybridized carbons (Fsp3) is 0.600. The topological polar surface area (TPSA) is 54.9 Å². The summed E-state index contributed by atoms with van der Waals surface area (Å²) < 4.78 is 11.2. The van der Waals surface area contributed by atoms with E-state index in [1.54, 1.807) is 0 Å². The van der Waals surface area contributed by atoms with Gasteiger partial charge in [0.2, 0.25) is 0 Å². The van der Waals surface area contributed by atoms with Crippen LogP contribution in [-0.2, 0) is 10.8 Å². The highest BCUT2D eigenvalue weighted by atomic mass is 35.5. The number of rotatable bonds is 5. The zero-order valence-corrected chi connectivity index (χ0v) is 11.3. The Morgan fingerprint density at radius 2 is 2.00 bits per heavy atom. The van der Waals surface area contributed by atoms with Crippen LogP contribution in [0.1, 0.15) is 18.1 Å². The summed E-state index contributed by atoms with van der Waals surface area (Å²) in [4.78, 5) is 0. The van der Waals surface area contributed by atoms with Gasteiger partial charge >= 0.3 is 0 Å². The molecule has 0 bridgehead atoms. The van der Waals surface area contributed by atoms with Crippen LogP contribution in [0.5, 0.6) is 0 Å². The Hall–Kier alpha value is -0.680. The molecule has 0 saturated heterocycles. The van der Waals surface area contributed by atoms with Crippen molar-refractivity contribution in [3.63, 3.8) is 0 Å². The standard InChI is InChI=1S/C10H16ClN3OS/c1-4-16(15)6-5-12-10-8(3)7(2)9(11)13-14-10/h4-6H2,1-3H3,(H,12,14). The minimum absolute atomic E-state index is 0.431. The maximum absolute atomic E-state index is 11.2. The van der Waals surface area contributed by atoms with Gasteiger partial charge in [0.25, 0.3) is 0 Å². The lowest BCUT2D eigenvalue weighted by atomic mass is 10.2. The van der Waals surface area contributed by atoms with Crippen LogP contribution in [0.4, 0.5) is 5.82 Å². The molecular formula is C10H16ClN3OS. The molecule has 0 aliphatic rings. The SMILES string of the molecule is CCS(=O)CCNc1nnc(Cl)c(C)c1C. The van der Waals surface area contributed by atoms with E-state index >= 15 is 0 Å². The minimum atomic E-state index is -0.754. The Labute approximate surface area is 103 Å². The molecule has 0 saturated carbocycles. The van der Waals surface area contributed by atoms with Gasteiger partial charge in [0.05, 0.1) is 0 Å². The van der Waals surface area contributed by atoms with Gasteiger partial charge in [0.1, 0.15) is 0 Å². The molecule has 0 fully saturated rings. The lowest BCUT2D eigenvalue weighted by molar-refractivity contribution is 0.684. The molecule has 16 heavy (non-hydrogen) atoms. The fourth-order valence-corrected chi connectivity index (χ4v) is 1.97. The molecule has 0 aliphatic heterocycles. The summed E-state index contributed by atoms with van der Waals surface area (Å²) in [7, 11) is -0.754. The number of aromatic nitrogens is 2. The Kier molecular flexibility index (Phi) is 5.15. The van der Waals surface area contributed by atoms with Crippen molar-refractivity contribution in [3.05, 3.63) is 16.3 Å². The second-order valence-corrected chi connectivity index (χ2v) is 5.67. The molecule has 1 aromatic heterocycles. The van der Waals surface area contributed by atoms with Gasteiger partial charge in [0.15, 0.2) is 11.0 Å². The van der Waals surface area contributed by atoms with Crippen LogP contribution in [0.2, 0.25) is 5.15 Å². The van der Waals surface area contributed by atoms with Crippen LogP contribution in [0.25, 0.3) is 0 Å². The van der Waals surface area contributed by atoms with E-state index in [1.807, 2.05) is 20.8 Å². The van der Waals surface area contributed by atoms with Crippen molar-refractivity contribution in [2.45, 2.75) is 20.8 Å². The monoisotopic (exact) mass is 261 g/mol. The highest BCUT2D eigenvalue weighted by molar-refractivity contribution is 7.84. The van der Waals surface area contributed by atoms with E-state index in [-0.39, 0.29) is 0 Å². The first-order chi connectivity index (χ1) is 7.56. The summed E-state index contributed by atoms with van der Waals surface area (Å²) in [5, 5.41) is 11.4. The van der Waals surface area contributed by atoms with Crippen LogP contribution >= 0.6 is 11.6 Å². The van der Waals surface area contributed by atoms with Crippen molar-refractivity contribution < 1.29 is 4.21 Å². The van der Waals surface area contributed by atoms with E-state index in [2.05, 4.69) is 15.5 Å². The molecule has 0 amide bonds. The van der Waals surface area contributed by atoms with Gasteiger partial charge in [-0.3, -0.25) is 4.21 Å². The molecule has 0 spiro atoms. The van der Waals surface area contributed by atoms with Crippen LogP contribution in [0.15, 0.2) is 0 Å². The smallest absolute Gasteiger partial charge is 0.155 e. The first kappa shape index (κ1) is 13.4. The van der Waals surface area contributed by atoms with Gasteiger partial charge in [-0.05, 0) is 25.0 Å². The fourth-order valence-electron chi connectivity index (χ4n) is 1.17. The number of hydrogen-bond acceptors (Lipinski definition) is 4. The Bertz CT molecular complexity index is 398. The van der Waals surface area contributed by atoms with Crippen molar-refractivity contribution in [1.82, 2.24) is 10.2 Å². The molecule has 1 atom stereocenters. The van der Waals surface area contributed by atoms with Crippen LogP contribution in [-0.4, -0.2) is 32.5 Å². The molecule has 1 N–H and O–H groups in total. The molecule has 6 heteroatoms. The second-order valence-electron chi connectivity index (χ2n) is 3.45. The lowest BCUT2D eigenvalue weighted by Gasteiger charge is -2.09. The molecule has 1 unspecified atom stereocenters. The van der Waals surface area contributed by atoms with Gasteiger partial charge in [-0.25, -0.2) is 0 Å². The molecule has 0 radical (unpaired) electrons.